The third kappa shape index (κ3) is 3.11. The maximum atomic E-state index is 13.1. The number of nitrogens with zero attached hydrogens (tertiary/aromatic N) is 2. The van der Waals surface area contributed by atoms with E-state index >= 15 is 0 Å². The van der Waals surface area contributed by atoms with Crippen molar-refractivity contribution in [3.8, 4) is 0 Å². The van der Waals surface area contributed by atoms with Crippen molar-refractivity contribution in [1.29, 1.82) is 0 Å². The van der Waals surface area contributed by atoms with E-state index in [1.807, 2.05) is 31.2 Å². The highest BCUT2D eigenvalue weighted by molar-refractivity contribution is 6.07. The van der Waals surface area contributed by atoms with Crippen LogP contribution in [0.5, 0.6) is 0 Å². The molecule has 1 aliphatic heterocycles. The molecule has 6 nitrogen and oxygen atoms in total. The van der Waals surface area contributed by atoms with Crippen molar-refractivity contribution in [1.82, 2.24) is 0 Å². The Kier molecular flexibility index (Phi) is 4.55. The predicted molar refractivity (Wildman–Crippen MR) is 105 cm³/mol. The summed E-state index contributed by atoms with van der Waals surface area (Å²) in [5.41, 5.74) is 4.08. The zero-order valence-electron chi connectivity index (χ0n) is 15.6. The highest BCUT2D eigenvalue weighted by atomic mass is 16.6. The molecule has 1 atom stereocenters. The van der Waals surface area contributed by atoms with E-state index in [1.165, 1.54) is 12.1 Å². The molecule has 6 heteroatoms. The molecular weight excluding hydrogens is 356 g/mol. The van der Waals surface area contributed by atoms with Crippen LogP contribution >= 0.6 is 0 Å². The minimum atomic E-state index is -0.468. The van der Waals surface area contributed by atoms with Crippen molar-refractivity contribution >= 4 is 23.1 Å². The molecule has 0 saturated heterocycles. The Morgan fingerprint density at radius 1 is 1.07 bits per heavy atom. The molecule has 0 bridgehead atoms. The largest absolute Gasteiger partial charge is 0.294 e. The zero-order valence-corrected chi connectivity index (χ0v) is 15.6. The molecule has 2 aromatic carbocycles. The van der Waals surface area contributed by atoms with Gasteiger partial charge in [-0.3, -0.25) is 24.6 Å². The van der Waals surface area contributed by atoms with E-state index < -0.39 is 4.92 Å². The summed E-state index contributed by atoms with van der Waals surface area (Å²) in [7, 11) is 0. The second-order valence-corrected chi connectivity index (χ2v) is 7.31. The van der Waals surface area contributed by atoms with E-state index in [4.69, 9.17) is 0 Å². The first-order valence-corrected chi connectivity index (χ1v) is 9.36. The molecule has 142 valence electrons. The van der Waals surface area contributed by atoms with Crippen molar-refractivity contribution in [2.45, 2.75) is 38.5 Å². The molecule has 0 radical (unpaired) electrons. The maximum Gasteiger partial charge on any atom is 0.269 e. The fraction of sp³-hybridized carbons (Fsp3) is 0.273. The topological polar surface area (TPSA) is 80.5 Å². The van der Waals surface area contributed by atoms with Gasteiger partial charge in [-0.25, -0.2) is 0 Å². The van der Waals surface area contributed by atoms with Crippen LogP contribution in [0.1, 0.15) is 42.7 Å². The van der Waals surface area contributed by atoms with Crippen LogP contribution < -0.4 is 4.90 Å². The number of nitro benzene ring substituents is 1. The number of non-ortho nitro benzene ring substituents is 1. The predicted octanol–water partition coefficient (Wildman–Crippen LogP) is 4.43. The van der Waals surface area contributed by atoms with Gasteiger partial charge in [0.25, 0.3) is 5.69 Å². The summed E-state index contributed by atoms with van der Waals surface area (Å²) >= 11 is 0. The van der Waals surface area contributed by atoms with Gasteiger partial charge in [0.05, 0.1) is 4.92 Å². The third-order valence-corrected chi connectivity index (χ3v) is 5.44. The van der Waals surface area contributed by atoms with E-state index in [1.54, 1.807) is 17.0 Å². The first-order valence-electron chi connectivity index (χ1n) is 9.36. The molecule has 2 aromatic rings. The summed E-state index contributed by atoms with van der Waals surface area (Å²) in [6.07, 6.45) is 2.05. The lowest BCUT2D eigenvalue weighted by atomic mass is 9.77. The zero-order chi connectivity index (χ0) is 19.8. The fourth-order valence-corrected chi connectivity index (χ4v) is 4.19. The number of carbonyl (C=O) groups excluding carboxylic acids is 2. The first kappa shape index (κ1) is 18.1. The fourth-order valence-electron chi connectivity index (χ4n) is 4.19. The van der Waals surface area contributed by atoms with Crippen LogP contribution in [-0.2, 0) is 9.59 Å². The van der Waals surface area contributed by atoms with Crippen molar-refractivity contribution in [3.05, 3.63) is 81.0 Å². The van der Waals surface area contributed by atoms with Crippen LogP contribution in [0.3, 0.4) is 0 Å². The molecule has 0 aromatic heterocycles. The van der Waals surface area contributed by atoms with Crippen LogP contribution in [0.15, 0.2) is 59.8 Å². The monoisotopic (exact) mass is 376 g/mol. The van der Waals surface area contributed by atoms with Crippen molar-refractivity contribution in [3.63, 3.8) is 0 Å². The molecule has 1 heterocycles. The highest BCUT2D eigenvalue weighted by Gasteiger charge is 2.39. The third-order valence-electron chi connectivity index (χ3n) is 5.44. The lowest BCUT2D eigenvalue weighted by Crippen LogP contribution is -2.40. The summed E-state index contributed by atoms with van der Waals surface area (Å²) in [6.45, 7) is 2.00. The average Bonchev–Trinajstić information content (AvgIpc) is 2.67. The molecule has 0 spiro atoms. The summed E-state index contributed by atoms with van der Waals surface area (Å²) < 4.78 is 0. The van der Waals surface area contributed by atoms with Crippen LogP contribution in [-0.4, -0.2) is 16.6 Å². The van der Waals surface area contributed by atoms with Gasteiger partial charge < -0.3 is 0 Å². The first-order chi connectivity index (χ1) is 13.5. The molecule has 1 amide bonds. The number of ketones is 1. The minimum absolute atomic E-state index is 0.0280. The number of nitro groups is 1. The Morgan fingerprint density at radius 2 is 1.82 bits per heavy atom. The van der Waals surface area contributed by atoms with Crippen LogP contribution in [0.25, 0.3) is 0 Å². The lowest BCUT2D eigenvalue weighted by molar-refractivity contribution is -0.384. The number of hydrogen-bond acceptors (Lipinski definition) is 4. The van der Waals surface area contributed by atoms with E-state index in [0.29, 0.717) is 24.9 Å². The maximum absolute atomic E-state index is 13.1. The van der Waals surface area contributed by atoms with Gasteiger partial charge in [-0.2, -0.15) is 0 Å². The summed E-state index contributed by atoms with van der Waals surface area (Å²) in [6, 6.07) is 13.9. The summed E-state index contributed by atoms with van der Waals surface area (Å²) in [4.78, 5) is 38.0. The molecule has 1 unspecified atom stereocenters. The van der Waals surface area contributed by atoms with Crippen LogP contribution in [0, 0.1) is 17.0 Å². The molecule has 2 aliphatic rings. The number of rotatable bonds is 3. The van der Waals surface area contributed by atoms with Gasteiger partial charge in [0.2, 0.25) is 5.91 Å². The Balaban J connectivity index is 1.82. The van der Waals surface area contributed by atoms with Gasteiger partial charge in [-0.05, 0) is 37.5 Å². The van der Waals surface area contributed by atoms with Crippen molar-refractivity contribution in [2.75, 3.05) is 4.90 Å². The molecule has 0 saturated carbocycles. The number of allylic oxidation sites excluding steroid dienone is 2. The van der Waals surface area contributed by atoms with Crippen molar-refractivity contribution in [2.24, 2.45) is 0 Å². The summed E-state index contributed by atoms with van der Waals surface area (Å²) in [5, 5.41) is 10.9. The van der Waals surface area contributed by atoms with Crippen molar-refractivity contribution < 1.29 is 14.5 Å². The second-order valence-electron chi connectivity index (χ2n) is 7.31. The number of anilines is 1. The Bertz CT molecular complexity index is 1010. The number of benzene rings is 2. The summed E-state index contributed by atoms with van der Waals surface area (Å²) in [5.74, 6) is -0.231. The van der Waals surface area contributed by atoms with Gasteiger partial charge in [0, 0.05) is 47.8 Å². The molecule has 0 N–H and O–H groups in total. The Hall–Kier alpha value is -3.28. The molecule has 28 heavy (non-hydrogen) atoms. The number of amides is 1. The molecular formula is C22H20N2O4. The van der Waals surface area contributed by atoms with Crippen LogP contribution in [0.2, 0.25) is 0 Å². The molecule has 0 fully saturated rings. The lowest BCUT2D eigenvalue weighted by Gasteiger charge is -2.38. The smallest absolute Gasteiger partial charge is 0.269 e. The average molecular weight is 376 g/mol. The SMILES string of the molecule is Cc1cccc(C2CC(=O)N(c3ccc([N+](=O)[O-])cc3)C3=C2C(=O)CCC3)c1. The van der Waals surface area contributed by atoms with Gasteiger partial charge >= 0.3 is 0 Å². The van der Waals surface area contributed by atoms with E-state index in [-0.39, 0.29) is 29.7 Å². The Labute approximate surface area is 162 Å². The van der Waals surface area contributed by atoms with Gasteiger partial charge in [0.15, 0.2) is 5.78 Å². The van der Waals surface area contributed by atoms with E-state index in [0.717, 1.165) is 22.4 Å². The van der Waals surface area contributed by atoms with Gasteiger partial charge in [0.1, 0.15) is 0 Å². The quantitative estimate of drug-likeness (QED) is 0.586. The van der Waals surface area contributed by atoms with E-state index in [2.05, 4.69) is 0 Å². The number of Topliss-reactive ketones (excluding diaryl/α,β-unsaturated/α-hetero) is 1. The number of hydrogen-bond donors (Lipinski definition) is 0. The molecule has 1 aliphatic carbocycles. The standard InChI is InChI=1S/C22H20N2O4/c1-14-4-2-5-15(12-14)18-13-21(26)23(19-6-3-7-20(25)22(18)19)16-8-10-17(11-9-16)24(27)28/h2,4-5,8-12,18H,3,6-7,13H2,1H3. The number of aryl methyl sites for hydroxylation is 1. The second kappa shape index (κ2) is 7.03. The van der Waals surface area contributed by atoms with Gasteiger partial charge in [-0.1, -0.05) is 29.8 Å². The number of carbonyl (C=O) groups is 2. The molecule has 4 rings (SSSR count). The highest BCUT2D eigenvalue weighted by Crippen LogP contribution is 2.43. The normalized spacial score (nSPS) is 19.6. The van der Waals surface area contributed by atoms with Crippen LogP contribution in [0.4, 0.5) is 11.4 Å². The Morgan fingerprint density at radius 3 is 2.50 bits per heavy atom. The van der Waals surface area contributed by atoms with E-state index in [9.17, 15) is 19.7 Å². The minimum Gasteiger partial charge on any atom is -0.294 e. The van der Waals surface area contributed by atoms with Gasteiger partial charge in [-0.15, -0.1) is 0 Å².